The number of phenols is 2. The molecule has 8 heteroatoms. The monoisotopic (exact) mass is 390 g/mol. The van der Waals surface area contributed by atoms with Crippen LogP contribution in [0, 0.1) is 0 Å². The van der Waals surface area contributed by atoms with Crippen LogP contribution in [-0.2, 0) is 18.9 Å². The summed E-state index contributed by atoms with van der Waals surface area (Å²) in [5, 5.41) is 40.0. The maximum absolute atomic E-state index is 10.6. The van der Waals surface area contributed by atoms with E-state index >= 15 is 0 Å². The zero-order valence-corrected chi connectivity index (χ0v) is 14.9. The van der Waals surface area contributed by atoms with Gasteiger partial charge in [-0.15, -0.1) is 0 Å². The Morgan fingerprint density at radius 3 is 1.43 bits per heavy atom. The van der Waals surface area contributed by atoms with E-state index in [1.54, 1.807) is 24.3 Å². The fourth-order valence-electron chi connectivity index (χ4n) is 3.31. The molecule has 0 aliphatic carbocycles. The number of hydrogen-bond donors (Lipinski definition) is 4. The average molecular weight is 390 g/mol. The van der Waals surface area contributed by atoms with Crippen LogP contribution in [-0.4, -0.2) is 58.1 Å². The molecule has 2 saturated heterocycles. The minimum absolute atomic E-state index is 0.0922. The van der Waals surface area contributed by atoms with Crippen LogP contribution >= 0.6 is 0 Å². The van der Waals surface area contributed by atoms with Crippen LogP contribution in [0.15, 0.2) is 48.5 Å². The highest BCUT2D eigenvalue weighted by atomic mass is 16.7. The molecule has 4 N–H and O–H groups in total. The smallest absolute Gasteiger partial charge is 0.184 e. The Hall–Kier alpha value is -2.20. The molecule has 0 aromatic heterocycles. The van der Waals surface area contributed by atoms with E-state index in [0.717, 1.165) is 0 Å². The highest BCUT2D eigenvalue weighted by Gasteiger charge is 2.46. The number of phenolic OH excluding ortho intramolecular Hbond substituents is 2. The third-order valence-corrected chi connectivity index (χ3v) is 4.81. The van der Waals surface area contributed by atoms with Gasteiger partial charge in [-0.05, 0) is 24.3 Å². The molecule has 6 atom stereocenters. The van der Waals surface area contributed by atoms with Crippen molar-refractivity contribution in [1.82, 2.24) is 0 Å². The standard InChI is InChI=1S/C20H22O8/c21-13-5-1-11(2-6-13)19-25-9-15(23)17-18(16(24)10-26-19)28-20(27-17)12-3-7-14(22)8-4-12/h1-8,15-24H,9-10H2/t15-,16+,17-,18-,19?,20?/m1/s1. The van der Waals surface area contributed by atoms with Gasteiger partial charge < -0.3 is 39.4 Å². The molecule has 2 aromatic rings. The maximum atomic E-state index is 10.6. The lowest BCUT2D eigenvalue weighted by Gasteiger charge is -2.23. The van der Waals surface area contributed by atoms with E-state index in [1.807, 2.05) is 0 Å². The van der Waals surface area contributed by atoms with Crippen molar-refractivity contribution >= 4 is 0 Å². The maximum Gasteiger partial charge on any atom is 0.184 e. The Balaban J connectivity index is 1.49. The summed E-state index contributed by atoms with van der Waals surface area (Å²) >= 11 is 0. The first kappa shape index (κ1) is 19.1. The third kappa shape index (κ3) is 3.97. The molecule has 0 saturated carbocycles. The summed E-state index contributed by atoms with van der Waals surface area (Å²) in [5.74, 6) is 0.231. The van der Waals surface area contributed by atoms with Gasteiger partial charge in [-0.25, -0.2) is 0 Å². The van der Waals surface area contributed by atoms with Crippen molar-refractivity contribution in [2.45, 2.75) is 37.0 Å². The average Bonchev–Trinajstić information content (AvgIpc) is 3.15. The first-order valence-electron chi connectivity index (χ1n) is 8.99. The Kier molecular flexibility index (Phi) is 5.49. The second-order valence-electron chi connectivity index (χ2n) is 6.85. The van der Waals surface area contributed by atoms with Crippen molar-refractivity contribution in [1.29, 1.82) is 0 Å². The van der Waals surface area contributed by atoms with Gasteiger partial charge in [-0.2, -0.15) is 0 Å². The fourth-order valence-corrected chi connectivity index (χ4v) is 3.31. The van der Waals surface area contributed by atoms with Crippen molar-refractivity contribution < 1.29 is 39.4 Å². The molecule has 2 aromatic carbocycles. The zero-order chi connectivity index (χ0) is 19.7. The van der Waals surface area contributed by atoms with E-state index < -0.39 is 37.0 Å². The zero-order valence-electron chi connectivity index (χ0n) is 14.9. The minimum atomic E-state index is -1.05. The number of aromatic hydroxyl groups is 2. The summed E-state index contributed by atoms with van der Waals surface area (Å²) in [6.07, 6.45) is -5.32. The molecule has 2 aliphatic heterocycles. The Bertz CT molecular complexity index is 712. The number of rotatable bonds is 2. The van der Waals surface area contributed by atoms with E-state index in [4.69, 9.17) is 18.9 Å². The summed E-state index contributed by atoms with van der Waals surface area (Å²) in [4.78, 5) is 0. The molecule has 0 bridgehead atoms. The summed E-state index contributed by atoms with van der Waals surface area (Å²) in [5.41, 5.74) is 1.30. The molecule has 0 amide bonds. The van der Waals surface area contributed by atoms with E-state index in [-0.39, 0.29) is 24.7 Å². The quantitative estimate of drug-likeness (QED) is 0.607. The molecule has 2 heterocycles. The minimum Gasteiger partial charge on any atom is -0.508 e. The SMILES string of the molecule is Oc1ccc(C2OC[C@@H](O)[C@H]3OC(c4ccc(O)cc4)O[C@@H]3[C@@H](O)CO2)cc1. The molecule has 0 radical (unpaired) electrons. The van der Waals surface area contributed by atoms with E-state index in [1.165, 1.54) is 24.3 Å². The van der Waals surface area contributed by atoms with Gasteiger partial charge in [0.25, 0.3) is 0 Å². The Morgan fingerprint density at radius 2 is 1.00 bits per heavy atom. The number of fused-ring (bicyclic) bond motifs is 1. The second-order valence-corrected chi connectivity index (χ2v) is 6.85. The summed E-state index contributed by atoms with van der Waals surface area (Å²) in [7, 11) is 0. The van der Waals surface area contributed by atoms with Gasteiger partial charge in [0.1, 0.15) is 35.9 Å². The highest BCUT2D eigenvalue weighted by Crippen LogP contribution is 2.36. The van der Waals surface area contributed by atoms with Crippen molar-refractivity contribution in [3.8, 4) is 11.5 Å². The molecular weight excluding hydrogens is 368 g/mol. The highest BCUT2D eigenvalue weighted by molar-refractivity contribution is 5.27. The number of hydrogen-bond acceptors (Lipinski definition) is 8. The van der Waals surface area contributed by atoms with Gasteiger partial charge in [-0.3, -0.25) is 0 Å². The fraction of sp³-hybridized carbons (Fsp3) is 0.400. The van der Waals surface area contributed by atoms with Crippen LogP contribution in [0.3, 0.4) is 0 Å². The molecule has 150 valence electrons. The lowest BCUT2D eigenvalue weighted by Crippen LogP contribution is -2.44. The third-order valence-electron chi connectivity index (χ3n) is 4.81. The lowest BCUT2D eigenvalue weighted by molar-refractivity contribution is -0.183. The molecular formula is C20H22O8. The van der Waals surface area contributed by atoms with Crippen molar-refractivity contribution in [3.05, 3.63) is 59.7 Å². The Morgan fingerprint density at radius 1 is 0.607 bits per heavy atom. The molecule has 2 fully saturated rings. The van der Waals surface area contributed by atoms with E-state index in [0.29, 0.717) is 11.1 Å². The van der Waals surface area contributed by atoms with Crippen molar-refractivity contribution in [2.24, 2.45) is 0 Å². The van der Waals surface area contributed by atoms with Gasteiger partial charge in [0.15, 0.2) is 12.6 Å². The molecule has 4 rings (SSSR count). The van der Waals surface area contributed by atoms with Crippen LogP contribution in [0.25, 0.3) is 0 Å². The predicted octanol–water partition coefficient (Wildman–Crippen LogP) is 1.35. The number of aliphatic hydroxyl groups excluding tert-OH is 2. The summed E-state index contributed by atoms with van der Waals surface area (Å²) < 4.78 is 23.0. The largest absolute Gasteiger partial charge is 0.508 e. The Labute approximate surface area is 161 Å². The van der Waals surface area contributed by atoms with Gasteiger partial charge in [0.2, 0.25) is 0 Å². The van der Waals surface area contributed by atoms with E-state index in [9.17, 15) is 20.4 Å². The summed E-state index contributed by atoms with van der Waals surface area (Å²) in [6.45, 7) is -0.184. The number of benzene rings is 2. The molecule has 28 heavy (non-hydrogen) atoms. The topological polar surface area (TPSA) is 118 Å². The van der Waals surface area contributed by atoms with Gasteiger partial charge >= 0.3 is 0 Å². The molecule has 2 unspecified atom stereocenters. The normalized spacial score (nSPS) is 33.5. The second kappa shape index (κ2) is 8.04. The van der Waals surface area contributed by atoms with Gasteiger partial charge in [0, 0.05) is 11.1 Å². The number of ether oxygens (including phenoxy) is 4. The van der Waals surface area contributed by atoms with Crippen molar-refractivity contribution in [3.63, 3.8) is 0 Å². The van der Waals surface area contributed by atoms with E-state index in [2.05, 4.69) is 0 Å². The predicted molar refractivity (Wildman–Crippen MR) is 95.4 cm³/mol. The van der Waals surface area contributed by atoms with Crippen LogP contribution in [0.2, 0.25) is 0 Å². The first-order chi connectivity index (χ1) is 13.5. The van der Waals surface area contributed by atoms with Crippen LogP contribution in [0.4, 0.5) is 0 Å². The molecule has 8 nitrogen and oxygen atoms in total. The first-order valence-corrected chi connectivity index (χ1v) is 8.99. The van der Waals surface area contributed by atoms with Crippen LogP contribution in [0.1, 0.15) is 23.7 Å². The van der Waals surface area contributed by atoms with Gasteiger partial charge in [-0.1, -0.05) is 24.3 Å². The van der Waals surface area contributed by atoms with Crippen molar-refractivity contribution in [2.75, 3.05) is 13.2 Å². The van der Waals surface area contributed by atoms with Crippen LogP contribution in [0.5, 0.6) is 11.5 Å². The molecule has 0 spiro atoms. The van der Waals surface area contributed by atoms with Gasteiger partial charge in [0.05, 0.1) is 13.2 Å². The van der Waals surface area contributed by atoms with Crippen LogP contribution < -0.4 is 0 Å². The lowest BCUT2D eigenvalue weighted by atomic mass is 10.0. The molecule has 2 aliphatic rings. The summed E-state index contributed by atoms with van der Waals surface area (Å²) in [6, 6.07) is 12.6. The number of aliphatic hydroxyl groups is 2.